The summed E-state index contributed by atoms with van der Waals surface area (Å²) in [5, 5.41) is 38.1. The van der Waals surface area contributed by atoms with E-state index in [-0.39, 0.29) is 6.61 Å². The van der Waals surface area contributed by atoms with Crippen molar-refractivity contribution >= 4 is 0 Å². The third-order valence-electron chi connectivity index (χ3n) is 4.15. The Labute approximate surface area is 133 Å². The number of hydrogen-bond acceptors (Lipinski definition) is 6. The third-order valence-corrected chi connectivity index (χ3v) is 4.15. The van der Waals surface area contributed by atoms with Crippen LogP contribution >= 0.6 is 0 Å². The Morgan fingerprint density at radius 1 is 0.864 bits per heavy atom. The molecule has 0 radical (unpaired) electrons. The van der Waals surface area contributed by atoms with Crippen LogP contribution in [0.25, 0.3) is 0 Å². The van der Waals surface area contributed by atoms with Gasteiger partial charge in [0, 0.05) is 6.61 Å². The lowest BCUT2D eigenvalue weighted by molar-refractivity contribution is -0.294. The van der Waals surface area contributed by atoms with Crippen LogP contribution in [0.5, 0.6) is 0 Å². The zero-order valence-corrected chi connectivity index (χ0v) is 13.6. The van der Waals surface area contributed by atoms with Crippen LogP contribution in [0.4, 0.5) is 0 Å². The molecule has 0 aromatic carbocycles. The largest absolute Gasteiger partial charge is 0.394 e. The highest BCUT2D eigenvalue weighted by Crippen LogP contribution is 2.22. The van der Waals surface area contributed by atoms with E-state index in [9.17, 15) is 20.4 Å². The molecule has 1 heterocycles. The summed E-state index contributed by atoms with van der Waals surface area (Å²) in [6.45, 7) is 2.28. The monoisotopic (exact) mass is 320 g/mol. The summed E-state index contributed by atoms with van der Waals surface area (Å²) in [4.78, 5) is 0. The van der Waals surface area contributed by atoms with Crippen molar-refractivity contribution in [3.05, 3.63) is 0 Å². The third kappa shape index (κ3) is 6.48. The molecular formula is C16H32O6. The molecular weight excluding hydrogens is 288 g/mol. The summed E-state index contributed by atoms with van der Waals surface area (Å²) in [7, 11) is 0. The number of hydrogen-bond donors (Lipinski definition) is 4. The quantitative estimate of drug-likeness (QED) is 0.423. The van der Waals surface area contributed by atoms with Crippen molar-refractivity contribution < 1.29 is 29.9 Å². The van der Waals surface area contributed by atoms with Crippen LogP contribution in [-0.2, 0) is 9.47 Å². The molecule has 0 aliphatic carbocycles. The zero-order chi connectivity index (χ0) is 16.4. The summed E-state index contributed by atoms with van der Waals surface area (Å²) < 4.78 is 10.6. The Kier molecular flexibility index (Phi) is 10.2. The molecule has 0 bridgehead atoms. The normalized spacial score (nSPS) is 32.3. The second-order valence-electron chi connectivity index (χ2n) is 6.04. The van der Waals surface area contributed by atoms with Gasteiger partial charge in [-0.2, -0.15) is 0 Å². The Morgan fingerprint density at radius 3 is 2.05 bits per heavy atom. The first-order valence-corrected chi connectivity index (χ1v) is 8.54. The topological polar surface area (TPSA) is 99.4 Å². The minimum absolute atomic E-state index is 0.372. The van der Waals surface area contributed by atoms with E-state index in [1.165, 1.54) is 38.5 Å². The Bertz CT molecular complexity index is 273. The average molecular weight is 320 g/mol. The van der Waals surface area contributed by atoms with Crippen LogP contribution in [0.15, 0.2) is 0 Å². The molecule has 0 aromatic heterocycles. The van der Waals surface area contributed by atoms with Gasteiger partial charge in [0.15, 0.2) is 6.29 Å². The van der Waals surface area contributed by atoms with Gasteiger partial charge in [-0.1, -0.05) is 51.9 Å². The van der Waals surface area contributed by atoms with Crippen LogP contribution in [0, 0.1) is 0 Å². The minimum atomic E-state index is -1.49. The van der Waals surface area contributed by atoms with Gasteiger partial charge in [0.05, 0.1) is 6.61 Å². The predicted octanol–water partition coefficient (Wildman–Crippen LogP) is 0.944. The second-order valence-corrected chi connectivity index (χ2v) is 6.04. The molecule has 6 nitrogen and oxygen atoms in total. The molecule has 0 spiro atoms. The smallest absolute Gasteiger partial charge is 0.184 e. The highest BCUT2D eigenvalue weighted by molar-refractivity contribution is 4.89. The van der Waals surface area contributed by atoms with Crippen molar-refractivity contribution in [1.29, 1.82) is 0 Å². The van der Waals surface area contributed by atoms with Crippen molar-refractivity contribution in [2.24, 2.45) is 0 Å². The van der Waals surface area contributed by atoms with Gasteiger partial charge in [0.25, 0.3) is 0 Å². The van der Waals surface area contributed by atoms with Gasteiger partial charge in [-0.3, -0.25) is 0 Å². The maximum atomic E-state index is 9.91. The Morgan fingerprint density at radius 2 is 1.45 bits per heavy atom. The van der Waals surface area contributed by atoms with Crippen molar-refractivity contribution in [1.82, 2.24) is 0 Å². The van der Waals surface area contributed by atoms with Crippen molar-refractivity contribution in [3.63, 3.8) is 0 Å². The molecule has 0 amide bonds. The second kappa shape index (κ2) is 11.3. The van der Waals surface area contributed by atoms with Gasteiger partial charge in [0.2, 0.25) is 0 Å². The Hall–Kier alpha value is -0.240. The minimum Gasteiger partial charge on any atom is -0.394 e. The maximum Gasteiger partial charge on any atom is 0.184 e. The lowest BCUT2D eigenvalue weighted by Crippen LogP contribution is -2.59. The summed E-state index contributed by atoms with van der Waals surface area (Å²) in [6, 6.07) is 0. The van der Waals surface area contributed by atoms with Crippen molar-refractivity contribution in [2.45, 2.75) is 89.0 Å². The van der Waals surface area contributed by atoms with Crippen molar-refractivity contribution in [3.8, 4) is 0 Å². The molecule has 4 N–H and O–H groups in total. The lowest BCUT2D eigenvalue weighted by atomic mass is 9.99. The van der Waals surface area contributed by atoms with Crippen LogP contribution in [-0.4, -0.2) is 64.3 Å². The first-order valence-electron chi connectivity index (χ1n) is 8.54. The Balaban J connectivity index is 2.14. The molecule has 1 saturated heterocycles. The van der Waals surface area contributed by atoms with Crippen molar-refractivity contribution in [2.75, 3.05) is 13.2 Å². The standard InChI is InChI=1S/C16H32O6/c1-2-3-4-5-6-7-8-9-10-21-15-12(11-17)22-16(20)14(19)13(15)18/h12-20H,2-11H2,1H3/t12?,13-,14?,15?,16?/m1/s1. The van der Waals surface area contributed by atoms with E-state index in [1.54, 1.807) is 0 Å². The fraction of sp³-hybridized carbons (Fsp3) is 1.00. The molecule has 6 heteroatoms. The zero-order valence-electron chi connectivity index (χ0n) is 13.6. The number of rotatable bonds is 11. The molecule has 1 aliphatic rings. The first kappa shape index (κ1) is 19.8. The molecule has 0 aromatic rings. The van der Waals surface area contributed by atoms with E-state index in [2.05, 4.69) is 6.92 Å². The van der Waals surface area contributed by atoms with Gasteiger partial charge in [0.1, 0.15) is 24.4 Å². The van der Waals surface area contributed by atoms with Gasteiger partial charge in [-0.15, -0.1) is 0 Å². The van der Waals surface area contributed by atoms with Gasteiger partial charge < -0.3 is 29.9 Å². The molecule has 5 atom stereocenters. The summed E-state index contributed by atoms with van der Waals surface area (Å²) >= 11 is 0. The lowest BCUT2D eigenvalue weighted by Gasteiger charge is -2.40. The van der Waals surface area contributed by atoms with E-state index in [1.807, 2.05) is 0 Å². The molecule has 132 valence electrons. The summed E-state index contributed by atoms with van der Waals surface area (Å²) in [6.07, 6.45) is 3.69. The van der Waals surface area contributed by atoms with Gasteiger partial charge in [-0.05, 0) is 6.42 Å². The van der Waals surface area contributed by atoms with E-state index in [4.69, 9.17) is 9.47 Å². The molecule has 4 unspecified atom stereocenters. The van der Waals surface area contributed by atoms with Gasteiger partial charge in [-0.25, -0.2) is 0 Å². The van der Waals surface area contributed by atoms with Crippen LogP contribution < -0.4 is 0 Å². The molecule has 1 rings (SSSR count). The first-order chi connectivity index (χ1) is 10.6. The van der Waals surface area contributed by atoms with E-state index < -0.39 is 30.7 Å². The molecule has 1 fully saturated rings. The molecule has 0 saturated carbocycles. The fourth-order valence-corrected chi connectivity index (χ4v) is 2.73. The predicted molar refractivity (Wildman–Crippen MR) is 82.3 cm³/mol. The number of aliphatic hydroxyl groups is 4. The molecule has 1 aliphatic heterocycles. The fourth-order valence-electron chi connectivity index (χ4n) is 2.73. The highest BCUT2D eigenvalue weighted by Gasteiger charge is 2.44. The van der Waals surface area contributed by atoms with E-state index in [0.717, 1.165) is 12.8 Å². The molecule has 22 heavy (non-hydrogen) atoms. The number of aliphatic hydroxyl groups excluding tert-OH is 4. The number of unbranched alkanes of at least 4 members (excludes halogenated alkanes) is 7. The van der Waals surface area contributed by atoms with Gasteiger partial charge >= 0.3 is 0 Å². The van der Waals surface area contributed by atoms with Crippen LogP contribution in [0.1, 0.15) is 58.3 Å². The SMILES string of the molecule is CCCCCCCCCCOC1C(CO)OC(O)C(O)[C@H]1O. The maximum absolute atomic E-state index is 9.91. The van der Waals surface area contributed by atoms with Crippen LogP contribution in [0.3, 0.4) is 0 Å². The summed E-state index contributed by atoms with van der Waals surface area (Å²) in [5.41, 5.74) is 0. The summed E-state index contributed by atoms with van der Waals surface area (Å²) in [5.74, 6) is 0. The average Bonchev–Trinajstić information content (AvgIpc) is 2.52. The van der Waals surface area contributed by atoms with E-state index in [0.29, 0.717) is 6.61 Å². The highest BCUT2D eigenvalue weighted by atomic mass is 16.6. The number of ether oxygens (including phenoxy) is 2. The van der Waals surface area contributed by atoms with Crippen LogP contribution in [0.2, 0.25) is 0 Å². The van der Waals surface area contributed by atoms with E-state index >= 15 is 0 Å².